The summed E-state index contributed by atoms with van der Waals surface area (Å²) in [6, 6.07) is 13.4. The average Bonchev–Trinajstić information content (AvgIpc) is 3.16. The van der Waals surface area contributed by atoms with E-state index in [1.807, 2.05) is 24.3 Å². The Morgan fingerprint density at radius 2 is 1.83 bits per heavy atom. The molecule has 3 rings (SSSR count). The minimum atomic E-state index is -0.669. The summed E-state index contributed by atoms with van der Waals surface area (Å²) in [5.41, 5.74) is 2.42. The first-order valence-electron chi connectivity index (χ1n) is 8.80. The number of ether oxygens (including phenoxy) is 1. The van der Waals surface area contributed by atoms with Gasteiger partial charge in [0.2, 0.25) is 0 Å². The number of para-hydroxylation sites is 1. The summed E-state index contributed by atoms with van der Waals surface area (Å²) in [6.07, 6.45) is 0.894. The Bertz CT molecular complexity index is 1070. The van der Waals surface area contributed by atoms with E-state index in [0.717, 1.165) is 28.9 Å². The Morgan fingerprint density at radius 1 is 1.14 bits per heavy atom. The Labute approximate surface area is 171 Å². The molecule has 0 fully saturated rings. The van der Waals surface area contributed by atoms with Crippen LogP contribution in [-0.4, -0.2) is 23.9 Å². The minimum absolute atomic E-state index is 0.0874. The maximum absolute atomic E-state index is 12.7. The third-order valence-electron chi connectivity index (χ3n) is 4.43. The van der Waals surface area contributed by atoms with Gasteiger partial charge in [0.1, 0.15) is 16.1 Å². The number of hydrogen-bond acceptors (Lipinski definition) is 6. The third kappa shape index (κ3) is 4.17. The number of nitro benzene ring substituents is 1. The van der Waals surface area contributed by atoms with E-state index in [-0.39, 0.29) is 21.8 Å². The predicted molar refractivity (Wildman–Crippen MR) is 112 cm³/mol. The van der Waals surface area contributed by atoms with Crippen LogP contribution in [-0.2, 0) is 11.2 Å². The van der Waals surface area contributed by atoms with E-state index in [2.05, 4.69) is 12.2 Å². The number of rotatable bonds is 6. The molecule has 3 aromatic rings. The molecule has 0 unspecified atom stereocenters. The van der Waals surface area contributed by atoms with Crippen molar-refractivity contribution in [3.63, 3.8) is 0 Å². The minimum Gasteiger partial charge on any atom is -0.465 e. The van der Waals surface area contributed by atoms with Crippen molar-refractivity contribution in [1.82, 2.24) is 0 Å². The van der Waals surface area contributed by atoms with Crippen LogP contribution < -0.4 is 5.32 Å². The quantitative estimate of drug-likeness (QED) is 0.353. The van der Waals surface area contributed by atoms with Gasteiger partial charge in [-0.15, -0.1) is 11.3 Å². The largest absolute Gasteiger partial charge is 0.465 e. The van der Waals surface area contributed by atoms with E-state index in [1.165, 1.54) is 31.4 Å². The van der Waals surface area contributed by atoms with Crippen LogP contribution in [0.5, 0.6) is 0 Å². The first-order chi connectivity index (χ1) is 14.0. The molecule has 2 aromatic carbocycles. The molecule has 0 bridgehead atoms. The highest BCUT2D eigenvalue weighted by atomic mass is 32.1. The molecule has 0 aliphatic rings. The molecule has 1 N–H and O–H groups in total. The number of nitrogens with one attached hydrogen (secondary N) is 1. The van der Waals surface area contributed by atoms with E-state index in [1.54, 1.807) is 5.38 Å². The van der Waals surface area contributed by atoms with Crippen molar-refractivity contribution < 1.29 is 19.2 Å². The molecule has 7 nitrogen and oxygen atoms in total. The molecular weight excluding hydrogens is 392 g/mol. The van der Waals surface area contributed by atoms with Crippen molar-refractivity contribution >= 4 is 33.9 Å². The number of hydrogen-bond donors (Lipinski definition) is 1. The van der Waals surface area contributed by atoms with Crippen LogP contribution in [0.3, 0.4) is 0 Å². The number of nitrogens with zero attached hydrogens (tertiary/aromatic N) is 1. The molecule has 0 saturated heterocycles. The second kappa shape index (κ2) is 8.66. The number of amides is 1. The molecule has 0 radical (unpaired) electrons. The monoisotopic (exact) mass is 410 g/mol. The second-order valence-corrected chi connectivity index (χ2v) is 7.00. The number of carbonyl (C=O) groups excluding carboxylic acids is 2. The van der Waals surface area contributed by atoms with E-state index in [0.29, 0.717) is 5.56 Å². The maximum atomic E-state index is 12.7. The first-order valence-corrected chi connectivity index (χ1v) is 9.68. The summed E-state index contributed by atoms with van der Waals surface area (Å²) in [7, 11) is 1.26. The van der Waals surface area contributed by atoms with Crippen molar-refractivity contribution in [2.75, 3.05) is 12.4 Å². The average molecular weight is 410 g/mol. The number of nitro groups is 1. The van der Waals surface area contributed by atoms with Crippen LogP contribution in [0.1, 0.15) is 33.2 Å². The lowest BCUT2D eigenvalue weighted by Crippen LogP contribution is -2.15. The van der Waals surface area contributed by atoms with Gasteiger partial charge in [-0.2, -0.15) is 0 Å². The maximum Gasteiger partial charge on any atom is 0.341 e. The lowest BCUT2D eigenvalue weighted by atomic mass is 10.0. The fourth-order valence-corrected chi connectivity index (χ4v) is 3.83. The number of aryl methyl sites for hydroxylation is 1. The summed E-state index contributed by atoms with van der Waals surface area (Å²) in [5, 5.41) is 15.8. The van der Waals surface area contributed by atoms with E-state index < -0.39 is 16.8 Å². The highest BCUT2D eigenvalue weighted by Crippen LogP contribution is 2.37. The molecule has 0 saturated carbocycles. The molecule has 0 aliphatic heterocycles. The van der Waals surface area contributed by atoms with Crippen LogP contribution in [0.15, 0.2) is 53.9 Å². The van der Waals surface area contributed by atoms with Gasteiger partial charge in [-0.3, -0.25) is 14.9 Å². The molecule has 0 atom stereocenters. The Balaban J connectivity index is 2.00. The normalized spacial score (nSPS) is 10.4. The van der Waals surface area contributed by atoms with Crippen LogP contribution in [0.2, 0.25) is 0 Å². The van der Waals surface area contributed by atoms with Gasteiger partial charge < -0.3 is 10.1 Å². The molecule has 1 aromatic heterocycles. The second-order valence-electron chi connectivity index (χ2n) is 6.12. The molecule has 0 spiro atoms. The fourth-order valence-electron chi connectivity index (χ4n) is 2.88. The zero-order valence-electron chi connectivity index (χ0n) is 15.8. The number of esters is 1. The highest BCUT2D eigenvalue weighted by Gasteiger charge is 2.25. The number of anilines is 1. The smallest absolute Gasteiger partial charge is 0.341 e. The van der Waals surface area contributed by atoms with Gasteiger partial charge in [0.15, 0.2) is 0 Å². The summed E-state index contributed by atoms with van der Waals surface area (Å²) in [4.78, 5) is 35.7. The van der Waals surface area contributed by atoms with Gasteiger partial charge in [-0.1, -0.05) is 43.3 Å². The summed E-state index contributed by atoms with van der Waals surface area (Å²) in [6.45, 7) is 2.05. The summed E-state index contributed by atoms with van der Waals surface area (Å²) < 4.78 is 4.90. The standard InChI is InChI=1S/C21H18N2O5S/c1-3-13-8-10-14(11-9-13)16-12-29-20(18(16)21(25)28-2)22-19(24)15-6-4-5-7-17(15)23(26)27/h4-12H,3H2,1-2H3,(H,22,24). The number of benzene rings is 2. The van der Waals surface area contributed by atoms with Gasteiger partial charge in [-0.25, -0.2) is 4.79 Å². The van der Waals surface area contributed by atoms with Crippen molar-refractivity contribution in [3.8, 4) is 11.1 Å². The van der Waals surface area contributed by atoms with Gasteiger partial charge in [0.25, 0.3) is 11.6 Å². The zero-order chi connectivity index (χ0) is 21.0. The summed E-state index contributed by atoms with van der Waals surface area (Å²) in [5.74, 6) is -1.27. The summed E-state index contributed by atoms with van der Waals surface area (Å²) >= 11 is 1.16. The van der Waals surface area contributed by atoms with E-state index in [4.69, 9.17) is 4.74 Å². The van der Waals surface area contributed by atoms with Crippen molar-refractivity contribution in [2.24, 2.45) is 0 Å². The Morgan fingerprint density at radius 3 is 2.45 bits per heavy atom. The Kier molecular flexibility index (Phi) is 6.04. The van der Waals surface area contributed by atoms with Crippen LogP contribution in [0.25, 0.3) is 11.1 Å². The highest BCUT2D eigenvalue weighted by molar-refractivity contribution is 7.15. The van der Waals surface area contributed by atoms with Crippen molar-refractivity contribution in [1.29, 1.82) is 0 Å². The lowest BCUT2D eigenvalue weighted by Gasteiger charge is -2.08. The molecular formula is C21H18N2O5S. The van der Waals surface area contributed by atoms with Crippen molar-refractivity contribution in [3.05, 3.63) is 80.7 Å². The first kappa shape index (κ1) is 20.2. The van der Waals surface area contributed by atoms with Gasteiger partial charge in [-0.05, 0) is 23.6 Å². The lowest BCUT2D eigenvalue weighted by molar-refractivity contribution is -0.385. The predicted octanol–water partition coefficient (Wildman–Crippen LogP) is 4.92. The molecule has 29 heavy (non-hydrogen) atoms. The van der Waals surface area contributed by atoms with Crippen LogP contribution in [0, 0.1) is 10.1 Å². The topological polar surface area (TPSA) is 98.5 Å². The number of methoxy groups -OCH3 is 1. The van der Waals surface area contributed by atoms with E-state index in [9.17, 15) is 19.7 Å². The van der Waals surface area contributed by atoms with Gasteiger partial charge in [0, 0.05) is 17.0 Å². The number of thiophene rings is 1. The molecule has 8 heteroatoms. The van der Waals surface area contributed by atoms with Crippen molar-refractivity contribution in [2.45, 2.75) is 13.3 Å². The van der Waals surface area contributed by atoms with Gasteiger partial charge in [0.05, 0.1) is 12.0 Å². The molecule has 1 amide bonds. The molecule has 148 valence electrons. The van der Waals surface area contributed by atoms with E-state index >= 15 is 0 Å². The fraction of sp³-hybridized carbons (Fsp3) is 0.143. The van der Waals surface area contributed by atoms with Gasteiger partial charge >= 0.3 is 5.97 Å². The Hall–Kier alpha value is -3.52. The van der Waals surface area contributed by atoms with Crippen LogP contribution >= 0.6 is 11.3 Å². The SMILES string of the molecule is CCc1ccc(-c2csc(NC(=O)c3ccccc3[N+](=O)[O-])c2C(=O)OC)cc1. The molecule has 0 aliphatic carbocycles. The zero-order valence-corrected chi connectivity index (χ0v) is 16.6. The number of carbonyl (C=O) groups is 2. The van der Waals surface area contributed by atoms with Crippen LogP contribution in [0.4, 0.5) is 10.7 Å². The third-order valence-corrected chi connectivity index (χ3v) is 5.32. The molecule has 1 heterocycles.